The summed E-state index contributed by atoms with van der Waals surface area (Å²) >= 11 is 0. The van der Waals surface area contributed by atoms with Gasteiger partial charge in [0.05, 0.1) is 12.5 Å². The molecule has 2 atom stereocenters. The molecule has 3 aromatic rings. The van der Waals surface area contributed by atoms with Crippen LogP contribution in [0.4, 0.5) is 4.39 Å². The fourth-order valence-electron chi connectivity index (χ4n) is 6.71. The molecular weight excluding hydrogens is 491 g/mol. The molecule has 4 nitrogen and oxygen atoms in total. The van der Waals surface area contributed by atoms with Gasteiger partial charge in [0.15, 0.2) is 0 Å². The average Bonchev–Trinajstić information content (AvgIpc) is 3.50. The minimum atomic E-state index is -0.835. The van der Waals surface area contributed by atoms with Gasteiger partial charge in [-0.15, -0.1) is 0 Å². The summed E-state index contributed by atoms with van der Waals surface area (Å²) in [4.78, 5) is 11.9. The molecule has 0 aromatic heterocycles. The molecule has 2 aliphatic rings. The van der Waals surface area contributed by atoms with E-state index in [2.05, 4.69) is 26.0 Å². The topological polar surface area (TPSA) is 55.8 Å². The third kappa shape index (κ3) is 5.16. The molecule has 0 bridgehead atoms. The highest BCUT2D eigenvalue weighted by molar-refractivity contribution is 5.75. The zero-order chi connectivity index (χ0) is 27.9. The zero-order valence-corrected chi connectivity index (χ0v) is 23.6. The van der Waals surface area contributed by atoms with E-state index >= 15 is 4.39 Å². The second kappa shape index (κ2) is 10.3. The Bertz CT molecular complexity index is 1390. The van der Waals surface area contributed by atoms with Crippen LogP contribution in [-0.4, -0.2) is 18.2 Å². The SMILES string of the molecule is COc1ccc(F)c(-c2ccc(COc3ccc4c(c3)[C@@H](C(C)(C)C(=O)O)CC4)cc2[C@H]2CCCC2(C)C)c1. The Morgan fingerprint density at radius 3 is 2.46 bits per heavy atom. The van der Waals surface area contributed by atoms with Crippen molar-refractivity contribution in [2.45, 2.75) is 78.2 Å². The van der Waals surface area contributed by atoms with Crippen molar-refractivity contribution in [3.05, 3.63) is 82.7 Å². The van der Waals surface area contributed by atoms with Gasteiger partial charge in [-0.2, -0.15) is 0 Å². The van der Waals surface area contributed by atoms with Gasteiger partial charge in [0.1, 0.15) is 23.9 Å². The Labute approximate surface area is 231 Å². The first kappa shape index (κ1) is 27.2. The van der Waals surface area contributed by atoms with Crippen LogP contribution in [0.15, 0.2) is 54.6 Å². The fourth-order valence-corrected chi connectivity index (χ4v) is 6.71. The summed E-state index contributed by atoms with van der Waals surface area (Å²) < 4.78 is 26.8. The second-order valence-corrected chi connectivity index (χ2v) is 12.5. The maximum absolute atomic E-state index is 15.1. The molecule has 2 aliphatic carbocycles. The Morgan fingerprint density at radius 1 is 1.00 bits per heavy atom. The highest BCUT2D eigenvalue weighted by Gasteiger charge is 2.41. The molecule has 39 heavy (non-hydrogen) atoms. The highest BCUT2D eigenvalue weighted by atomic mass is 19.1. The van der Waals surface area contributed by atoms with Crippen molar-refractivity contribution in [2.75, 3.05) is 7.11 Å². The number of hydrogen-bond donors (Lipinski definition) is 1. The van der Waals surface area contributed by atoms with E-state index in [1.807, 2.05) is 24.3 Å². The van der Waals surface area contributed by atoms with Crippen molar-refractivity contribution in [3.8, 4) is 22.6 Å². The molecule has 0 unspecified atom stereocenters. The number of hydrogen-bond acceptors (Lipinski definition) is 3. The van der Waals surface area contributed by atoms with E-state index in [4.69, 9.17) is 9.47 Å². The summed E-state index contributed by atoms with van der Waals surface area (Å²) in [5, 5.41) is 9.79. The average molecular weight is 531 g/mol. The molecule has 5 heteroatoms. The normalized spacial score (nSPS) is 20.1. The van der Waals surface area contributed by atoms with Crippen LogP contribution in [0.5, 0.6) is 11.5 Å². The molecule has 0 radical (unpaired) electrons. The molecule has 0 heterocycles. The summed E-state index contributed by atoms with van der Waals surface area (Å²) in [5.41, 5.74) is 5.23. The molecule has 3 aromatic carbocycles. The summed E-state index contributed by atoms with van der Waals surface area (Å²) in [7, 11) is 1.60. The zero-order valence-electron chi connectivity index (χ0n) is 23.6. The standard InChI is InChI=1S/C34H39FO4/c1-33(2)16-6-7-29(33)27-17-21(8-13-25(27)28-18-23(38-5)12-15-31(28)35)20-39-24-11-9-22-10-14-30(26(22)19-24)34(3,4)32(36)37/h8-9,11-13,15,17-19,29-30H,6-7,10,14,16,20H2,1-5H3,(H,36,37)/t29-,30+/m1/s1. The van der Waals surface area contributed by atoms with E-state index in [0.717, 1.165) is 60.1 Å². The number of carboxylic acids is 1. The van der Waals surface area contributed by atoms with Gasteiger partial charge in [0, 0.05) is 11.5 Å². The Kier molecular flexibility index (Phi) is 7.21. The number of carboxylic acid groups (broad SMARTS) is 1. The number of benzene rings is 3. The van der Waals surface area contributed by atoms with Crippen molar-refractivity contribution >= 4 is 5.97 Å². The number of fused-ring (bicyclic) bond motifs is 1. The van der Waals surface area contributed by atoms with Gasteiger partial charge < -0.3 is 14.6 Å². The van der Waals surface area contributed by atoms with Gasteiger partial charge in [-0.1, -0.05) is 44.5 Å². The van der Waals surface area contributed by atoms with Crippen molar-refractivity contribution in [1.82, 2.24) is 0 Å². The Morgan fingerprint density at radius 2 is 1.77 bits per heavy atom. The Balaban J connectivity index is 1.45. The lowest BCUT2D eigenvalue weighted by molar-refractivity contribution is -0.148. The summed E-state index contributed by atoms with van der Waals surface area (Å²) in [6.07, 6.45) is 5.09. The van der Waals surface area contributed by atoms with E-state index in [1.165, 1.54) is 11.6 Å². The molecule has 1 N–H and O–H groups in total. The van der Waals surface area contributed by atoms with Gasteiger partial charge >= 0.3 is 5.97 Å². The van der Waals surface area contributed by atoms with Crippen LogP contribution < -0.4 is 9.47 Å². The summed E-state index contributed by atoms with van der Waals surface area (Å²) in [5.74, 6) is 0.623. The lowest BCUT2D eigenvalue weighted by atomic mass is 9.75. The number of rotatable bonds is 8. The molecular formula is C34H39FO4. The molecule has 0 aliphatic heterocycles. The number of halogens is 1. The van der Waals surface area contributed by atoms with Crippen LogP contribution in [0.25, 0.3) is 11.1 Å². The predicted octanol–water partition coefficient (Wildman–Crippen LogP) is 8.51. The van der Waals surface area contributed by atoms with Crippen molar-refractivity contribution < 1.29 is 23.8 Å². The first-order valence-electron chi connectivity index (χ1n) is 14.0. The number of aryl methyl sites for hydroxylation is 1. The largest absolute Gasteiger partial charge is 0.497 e. The van der Waals surface area contributed by atoms with Crippen LogP contribution >= 0.6 is 0 Å². The monoisotopic (exact) mass is 530 g/mol. The van der Waals surface area contributed by atoms with Crippen molar-refractivity contribution in [3.63, 3.8) is 0 Å². The third-order valence-corrected chi connectivity index (χ3v) is 9.24. The lowest BCUT2D eigenvalue weighted by Crippen LogP contribution is -2.30. The van der Waals surface area contributed by atoms with Gasteiger partial charge in [0.25, 0.3) is 0 Å². The first-order chi connectivity index (χ1) is 18.5. The fraction of sp³-hybridized carbons (Fsp3) is 0.441. The van der Waals surface area contributed by atoms with Crippen molar-refractivity contribution in [2.24, 2.45) is 10.8 Å². The molecule has 1 saturated carbocycles. The van der Waals surface area contributed by atoms with Crippen LogP contribution in [-0.2, 0) is 17.8 Å². The molecule has 0 spiro atoms. The van der Waals surface area contributed by atoms with Crippen LogP contribution in [0, 0.1) is 16.6 Å². The number of carbonyl (C=O) groups is 1. The van der Waals surface area contributed by atoms with Gasteiger partial charge in [-0.25, -0.2) is 4.39 Å². The molecule has 1 fully saturated rings. The van der Waals surface area contributed by atoms with Crippen LogP contribution in [0.1, 0.15) is 87.5 Å². The summed E-state index contributed by atoms with van der Waals surface area (Å²) in [6, 6.07) is 17.2. The first-order valence-corrected chi connectivity index (χ1v) is 14.0. The number of ether oxygens (including phenoxy) is 2. The third-order valence-electron chi connectivity index (χ3n) is 9.24. The van der Waals surface area contributed by atoms with E-state index in [9.17, 15) is 9.90 Å². The molecule has 0 amide bonds. The minimum Gasteiger partial charge on any atom is -0.497 e. The number of aliphatic carboxylic acids is 1. The highest BCUT2D eigenvalue weighted by Crippen LogP contribution is 2.51. The smallest absolute Gasteiger partial charge is 0.309 e. The van der Waals surface area contributed by atoms with Crippen molar-refractivity contribution in [1.29, 1.82) is 0 Å². The van der Waals surface area contributed by atoms with E-state index in [1.54, 1.807) is 33.1 Å². The molecule has 5 rings (SSSR count). The molecule has 0 saturated heterocycles. The maximum Gasteiger partial charge on any atom is 0.309 e. The van der Waals surface area contributed by atoms with Gasteiger partial charge in [0.2, 0.25) is 0 Å². The van der Waals surface area contributed by atoms with E-state index in [-0.39, 0.29) is 17.2 Å². The molecule has 206 valence electrons. The summed E-state index contributed by atoms with van der Waals surface area (Å²) in [6.45, 7) is 8.60. The second-order valence-electron chi connectivity index (χ2n) is 12.5. The minimum absolute atomic E-state index is 0.0400. The van der Waals surface area contributed by atoms with E-state index in [0.29, 0.717) is 23.8 Å². The maximum atomic E-state index is 15.1. The quantitative estimate of drug-likeness (QED) is 0.317. The lowest BCUT2D eigenvalue weighted by Gasteiger charge is -2.30. The number of methoxy groups -OCH3 is 1. The predicted molar refractivity (Wildman–Crippen MR) is 152 cm³/mol. The Hall–Kier alpha value is -3.34. The van der Waals surface area contributed by atoms with E-state index < -0.39 is 11.4 Å². The van der Waals surface area contributed by atoms with Gasteiger partial charge in [-0.3, -0.25) is 4.79 Å². The van der Waals surface area contributed by atoms with Gasteiger partial charge in [-0.05, 0) is 109 Å². The van der Waals surface area contributed by atoms with Crippen LogP contribution in [0.2, 0.25) is 0 Å². The van der Waals surface area contributed by atoms with Crippen LogP contribution in [0.3, 0.4) is 0 Å².